The van der Waals surface area contributed by atoms with E-state index >= 15 is 0 Å². The molecule has 0 saturated carbocycles. The molecule has 0 spiro atoms. The Morgan fingerprint density at radius 1 is 0.760 bits per heavy atom. The minimum Gasteiger partial charge on any atom is -0.322 e. The van der Waals surface area contributed by atoms with Crippen LogP contribution in [0, 0.1) is 0 Å². The standard InChI is InChI=1S/C22H16N2O/c25-22(24-20-10-2-1-3-11-20)18-9-6-8-16(13-18)19-14-17-7-4-5-12-21(17)23-15-19/h1-15H,(H,24,25). The van der Waals surface area contributed by atoms with Crippen LogP contribution in [0.1, 0.15) is 10.4 Å². The first-order valence-corrected chi connectivity index (χ1v) is 8.11. The average Bonchev–Trinajstić information content (AvgIpc) is 2.68. The van der Waals surface area contributed by atoms with Crippen molar-refractivity contribution in [1.29, 1.82) is 0 Å². The Bertz CT molecular complexity index is 1040. The lowest BCUT2D eigenvalue weighted by Gasteiger charge is -2.08. The molecule has 4 aromatic rings. The first-order chi connectivity index (χ1) is 12.3. The summed E-state index contributed by atoms with van der Waals surface area (Å²) in [6.07, 6.45) is 1.84. The predicted octanol–water partition coefficient (Wildman–Crippen LogP) is 5.15. The molecule has 3 aromatic carbocycles. The van der Waals surface area contributed by atoms with Gasteiger partial charge in [-0.25, -0.2) is 0 Å². The van der Waals surface area contributed by atoms with Crippen LogP contribution in [0.3, 0.4) is 0 Å². The van der Waals surface area contributed by atoms with Crippen LogP contribution in [0.15, 0.2) is 91.1 Å². The number of pyridine rings is 1. The second-order valence-corrected chi connectivity index (χ2v) is 5.82. The van der Waals surface area contributed by atoms with Crippen molar-refractivity contribution >= 4 is 22.5 Å². The molecule has 3 heteroatoms. The molecule has 1 N–H and O–H groups in total. The van der Waals surface area contributed by atoms with Crippen molar-refractivity contribution in [2.24, 2.45) is 0 Å². The summed E-state index contributed by atoms with van der Waals surface area (Å²) in [5.74, 6) is -0.123. The van der Waals surface area contributed by atoms with Gasteiger partial charge in [0.15, 0.2) is 0 Å². The van der Waals surface area contributed by atoms with Gasteiger partial charge in [0.1, 0.15) is 0 Å². The molecule has 4 rings (SSSR count). The summed E-state index contributed by atoms with van der Waals surface area (Å²) in [6, 6.07) is 27.1. The first kappa shape index (κ1) is 15.1. The number of benzene rings is 3. The van der Waals surface area contributed by atoms with E-state index in [1.54, 1.807) is 0 Å². The number of hydrogen-bond donors (Lipinski definition) is 1. The minimum atomic E-state index is -0.123. The number of carbonyl (C=O) groups excluding carboxylic acids is 1. The molecule has 0 bridgehead atoms. The summed E-state index contributed by atoms with van der Waals surface area (Å²) in [4.78, 5) is 17.0. The number of para-hydroxylation sites is 2. The molecular formula is C22H16N2O. The Kier molecular flexibility index (Phi) is 3.97. The number of hydrogen-bond acceptors (Lipinski definition) is 2. The smallest absolute Gasteiger partial charge is 0.255 e. The SMILES string of the molecule is O=C(Nc1ccccc1)c1cccc(-c2cnc3ccccc3c2)c1. The topological polar surface area (TPSA) is 42.0 Å². The third kappa shape index (κ3) is 3.26. The third-order valence-corrected chi connectivity index (χ3v) is 4.08. The highest BCUT2D eigenvalue weighted by molar-refractivity contribution is 6.05. The highest BCUT2D eigenvalue weighted by atomic mass is 16.1. The van der Waals surface area contributed by atoms with Crippen molar-refractivity contribution < 1.29 is 4.79 Å². The van der Waals surface area contributed by atoms with Crippen molar-refractivity contribution in [2.45, 2.75) is 0 Å². The lowest BCUT2D eigenvalue weighted by atomic mass is 10.0. The number of amides is 1. The summed E-state index contributed by atoms with van der Waals surface area (Å²) >= 11 is 0. The Balaban J connectivity index is 1.65. The van der Waals surface area contributed by atoms with E-state index in [0.717, 1.165) is 27.7 Å². The fourth-order valence-electron chi connectivity index (χ4n) is 2.79. The summed E-state index contributed by atoms with van der Waals surface area (Å²) in [6.45, 7) is 0. The number of anilines is 1. The second-order valence-electron chi connectivity index (χ2n) is 5.82. The van der Waals surface area contributed by atoms with Gasteiger partial charge in [0.25, 0.3) is 5.91 Å². The maximum atomic E-state index is 12.5. The van der Waals surface area contributed by atoms with E-state index in [9.17, 15) is 4.79 Å². The van der Waals surface area contributed by atoms with Gasteiger partial charge in [-0.15, -0.1) is 0 Å². The minimum absolute atomic E-state index is 0.123. The largest absolute Gasteiger partial charge is 0.322 e. The molecule has 0 aliphatic heterocycles. The molecule has 0 unspecified atom stereocenters. The van der Waals surface area contributed by atoms with E-state index < -0.39 is 0 Å². The molecule has 0 aliphatic carbocycles. The Hall–Kier alpha value is -3.46. The van der Waals surface area contributed by atoms with E-state index in [0.29, 0.717) is 5.56 Å². The summed E-state index contributed by atoms with van der Waals surface area (Å²) < 4.78 is 0. The van der Waals surface area contributed by atoms with Gasteiger partial charge in [-0.2, -0.15) is 0 Å². The number of aromatic nitrogens is 1. The van der Waals surface area contributed by atoms with E-state index in [2.05, 4.69) is 16.4 Å². The van der Waals surface area contributed by atoms with Crippen molar-refractivity contribution in [3.63, 3.8) is 0 Å². The number of carbonyl (C=O) groups is 1. The highest BCUT2D eigenvalue weighted by Gasteiger charge is 2.08. The maximum Gasteiger partial charge on any atom is 0.255 e. The van der Waals surface area contributed by atoms with Gasteiger partial charge in [-0.3, -0.25) is 9.78 Å². The van der Waals surface area contributed by atoms with Crippen molar-refractivity contribution in [1.82, 2.24) is 4.98 Å². The number of rotatable bonds is 3. The normalized spacial score (nSPS) is 10.6. The quantitative estimate of drug-likeness (QED) is 0.566. The molecule has 0 saturated heterocycles. The molecule has 3 nitrogen and oxygen atoms in total. The van der Waals surface area contributed by atoms with Crippen LogP contribution in [-0.4, -0.2) is 10.9 Å². The summed E-state index contributed by atoms with van der Waals surface area (Å²) in [7, 11) is 0. The monoisotopic (exact) mass is 324 g/mol. The third-order valence-electron chi connectivity index (χ3n) is 4.08. The molecular weight excluding hydrogens is 308 g/mol. The highest BCUT2D eigenvalue weighted by Crippen LogP contribution is 2.24. The van der Waals surface area contributed by atoms with Gasteiger partial charge >= 0.3 is 0 Å². The molecule has 0 radical (unpaired) electrons. The van der Waals surface area contributed by atoms with Gasteiger partial charge in [0, 0.05) is 28.4 Å². The van der Waals surface area contributed by atoms with E-state index in [-0.39, 0.29) is 5.91 Å². The lowest BCUT2D eigenvalue weighted by Crippen LogP contribution is -2.11. The van der Waals surface area contributed by atoms with Crippen molar-refractivity contribution in [2.75, 3.05) is 5.32 Å². The molecule has 25 heavy (non-hydrogen) atoms. The molecule has 0 fully saturated rings. The zero-order chi connectivity index (χ0) is 17.1. The van der Waals surface area contributed by atoms with Gasteiger partial charge in [-0.1, -0.05) is 48.5 Å². The van der Waals surface area contributed by atoms with Gasteiger partial charge in [0.2, 0.25) is 0 Å². The first-order valence-electron chi connectivity index (χ1n) is 8.11. The van der Waals surface area contributed by atoms with E-state index in [1.807, 2.05) is 85.1 Å². The van der Waals surface area contributed by atoms with Crippen LogP contribution >= 0.6 is 0 Å². The zero-order valence-electron chi connectivity index (χ0n) is 13.5. The van der Waals surface area contributed by atoms with Crippen molar-refractivity contribution in [3.8, 4) is 11.1 Å². The number of nitrogens with one attached hydrogen (secondary N) is 1. The number of nitrogens with zero attached hydrogens (tertiary/aromatic N) is 1. The fourth-order valence-corrected chi connectivity index (χ4v) is 2.79. The van der Waals surface area contributed by atoms with Crippen LogP contribution in [0.5, 0.6) is 0 Å². The van der Waals surface area contributed by atoms with E-state index in [4.69, 9.17) is 0 Å². The van der Waals surface area contributed by atoms with Crippen molar-refractivity contribution in [3.05, 3.63) is 96.7 Å². The molecule has 1 amide bonds. The van der Waals surface area contributed by atoms with Crippen LogP contribution in [0.4, 0.5) is 5.69 Å². The number of fused-ring (bicyclic) bond motifs is 1. The van der Waals surface area contributed by atoms with Crippen LogP contribution in [0.25, 0.3) is 22.0 Å². The Labute approximate surface area is 146 Å². The molecule has 120 valence electrons. The van der Waals surface area contributed by atoms with E-state index in [1.165, 1.54) is 0 Å². The average molecular weight is 324 g/mol. The summed E-state index contributed by atoms with van der Waals surface area (Å²) in [5, 5.41) is 3.99. The van der Waals surface area contributed by atoms with Crippen LogP contribution in [0.2, 0.25) is 0 Å². The van der Waals surface area contributed by atoms with Gasteiger partial charge < -0.3 is 5.32 Å². The molecule has 0 aliphatic rings. The Morgan fingerprint density at radius 3 is 2.44 bits per heavy atom. The zero-order valence-corrected chi connectivity index (χ0v) is 13.5. The van der Waals surface area contributed by atoms with Gasteiger partial charge in [-0.05, 0) is 42.0 Å². The second kappa shape index (κ2) is 6.57. The van der Waals surface area contributed by atoms with Crippen LogP contribution < -0.4 is 5.32 Å². The fraction of sp³-hybridized carbons (Fsp3) is 0. The maximum absolute atomic E-state index is 12.5. The molecule has 1 heterocycles. The molecule has 1 aromatic heterocycles. The van der Waals surface area contributed by atoms with Gasteiger partial charge in [0.05, 0.1) is 5.52 Å². The Morgan fingerprint density at radius 2 is 1.56 bits per heavy atom. The lowest BCUT2D eigenvalue weighted by molar-refractivity contribution is 0.102. The molecule has 0 atom stereocenters. The predicted molar refractivity (Wildman–Crippen MR) is 102 cm³/mol. The summed E-state index contributed by atoms with van der Waals surface area (Å²) in [5.41, 5.74) is 4.33. The van der Waals surface area contributed by atoms with Crippen LogP contribution in [-0.2, 0) is 0 Å².